The van der Waals surface area contributed by atoms with Crippen LogP contribution in [0.25, 0.3) is 0 Å². The zero-order chi connectivity index (χ0) is 16.6. The van der Waals surface area contributed by atoms with E-state index in [1.54, 1.807) is 14.2 Å². The first-order valence-corrected chi connectivity index (χ1v) is 7.58. The van der Waals surface area contributed by atoms with Crippen molar-refractivity contribution >= 4 is 5.91 Å². The maximum atomic E-state index is 11.7. The van der Waals surface area contributed by atoms with Gasteiger partial charge in [-0.15, -0.1) is 0 Å². The van der Waals surface area contributed by atoms with E-state index in [-0.39, 0.29) is 11.4 Å². The number of hydrogen-bond acceptors (Lipinski definition) is 4. The predicted molar refractivity (Wildman–Crippen MR) is 88.6 cm³/mol. The van der Waals surface area contributed by atoms with E-state index in [0.717, 1.165) is 12.0 Å². The first-order valence-electron chi connectivity index (χ1n) is 7.58. The van der Waals surface area contributed by atoms with Gasteiger partial charge in [-0.1, -0.05) is 6.07 Å². The Kier molecular flexibility index (Phi) is 7.18. The molecule has 0 aliphatic heterocycles. The van der Waals surface area contributed by atoms with Crippen molar-refractivity contribution in [1.29, 1.82) is 0 Å². The molecule has 1 amide bonds. The summed E-state index contributed by atoms with van der Waals surface area (Å²) >= 11 is 0. The molecule has 124 valence electrons. The van der Waals surface area contributed by atoms with E-state index in [4.69, 9.17) is 9.47 Å². The molecule has 1 rings (SSSR count). The van der Waals surface area contributed by atoms with Gasteiger partial charge in [-0.05, 0) is 44.9 Å². The van der Waals surface area contributed by atoms with Crippen LogP contribution in [0.4, 0.5) is 0 Å². The third-order valence-corrected chi connectivity index (χ3v) is 3.19. The Morgan fingerprint density at radius 1 is 1.09 bits per heavy atom. The van der Waals surface area contributed by atoms with Gasteiger partial charge < -0.3 is 20.1 Å². The number of carbonyl (C=O) groups is 1. The summed E-state index contributed by atoms with van der Waals surface area (Å²) in [4.78, 5) is 11.7. The molecule has 0 fully saturated rings. The van der Waals surface area contributed by atoms with Crippen LogP contribution in [-0.2, 0) is 11.2 Å². The monoisotopic (exact) mass is 308 g/mol. The second-order valence-electron chi connectivity index (χ2n) is 6.22. The third kappa shape index (κ3) is 6.80. The lowest BCUT2D eigenvalue weighted by atomic mass is 10.1. The molecule has 2 N–H and O–H groups in total. The Balaban J connectivity index is 2.33. The van der Waals surface area contributed by atoms with Crippen molar-refractivity contribution < 1.29 is 14.3 Å². The average molecular weight is 308 g/mol. The SMILES string of the molecule is COc1ccc(CCNC(=O)CCNC(C)(C)C)cc1OC. The zero-order valence-electron chi connectivity index (χ0n) is 14.3. The number of benzene rings is 1. The summed E-state index contributed by atoms with van der Waals surface area (Å²) < 4.78 is 10.5. The van der Waals surface area contributed by atoms with Crippen molar-refractivity contribution in [1.82, 2.24) is 10.6 Å². The minimum Gasteiger partial charge on any atom is -0.493 e. The van der Waals surface area contributed by atoms with Crippen molar-refractivity contribution in [2.24, 2.45) is 0 Å². The molecule has 0 spiro atoms. The Morgan fingerprint density at radius 3 is 2.36 bits per heavy atom. The van der Waals surface area contributed by atoms with E-state index >= 15 is 0 Å². The van der Waals surface area contributed by atoms with Crippen LogP contribution < -0.4 is 20.1 Å². The quantitative estimate of drug-likeness (QED) is 0.772. The molecule has 0 aromatic heterocycles. The maximum absolute atomic E-state index is 11.7. The summed E-state index contributed by atoms with van der Waals surface area (Å²) in [6.45, 7) is 7.56. The van der Waals surface area contributed by atoms with Gasteiger partial charge >= 0.3 is 0 Å². The highest BCUT2D eigenvalue weighted by molar-refractivity contribution is 5.76. The molecule has 22 heavy (non-hydrogen) atoms. The van der Waals surface area contributed by atoms with E-state index < -0.39 is 0 Å². The van der Waals surface area contributed by atoms with E-state index in [2.05, 4.69) is 31.4 Å². The molecule has 5 nitrogen and oxygen atoms in total. The normalized spacial score (nSPS) is 11.1. The molecule has 0 aliphatic carbocycles. The minimum atomic E-state index is 0.0416. The van der Waals surface area contributed by atoms with Gasteiger partial charge in [0.25, 0.3) is 0 Å². The van der Waals surface area contributed by atoms with Gasteiger partial charge in [-0.25, -0.2) is 0 Å². The molecule has 0 saturated carbocycles. The second kappa shape index (κ2) is 8.63. The number of ether oxygens (including phenoxy) is 2. The number of rotatable bonds is 8. The van der Waals surface area contributed by atoms with Crippen molar-refractivity contribution in [2.75, 3.05) is 27.3 Å². The number of hydrogen-bond donors (Lipinski definition) is 2. The van der Waals surface area contributed by atoms with Crippen LogP contribution >= 0.6 is 0 Å². The lowest BCUT2D eigenvalue weighted by Gasteiger charge is -2.20. The number of nitrogens with one attached hydrogen (secondary N) is 2. The molecule has 0 unspecified atom stereocenters. The van der Waals surface area contributed by atoms with Gasteiger partial charge in [0.1, 0.15) is 0 Å². The van der Waals surface area contributed by atoms with E-state index in [9.17, 15) is 4.79 Å². The van der Waals surface area contributed by atoms with Crippen LogP contribution in [0, 0.1) is 0 Å². The van der Waals surface area contributed by atoms with E-state index in [0.29, 0.717) is 31.0 Å². The average Bonchev–Trinajstić information content (AvgIpc) is 2.45. The topological polar surface area (TPSA) is 59.6 Å². The molecule has 1 aromatic carbocycles. The third-order valence-electron chi connectivity index (χ3n) is 3.19. The van der Waals surface area contributed by atoms with Crippen molar-refractivity contribution in [3.8, 4) is 11.5 Å². The van der Waals surface area contributed by atoms with Crippen LogP contribution in [0.1, 0.15) is 32.8 Å². The fourth-order valence-corrected chi connectivity index (χ4v) is 2.02. The summed E-state index contributed by atoms with van der Waals surface area (Å²) in [5.74, 6) is 1.49. The molecule has 0 saturated heterocycles. The van der Waals surface area contributed by atoms with Crippen LogP contribution in [0.5, 0.6) is 11.5 Å². The van der Waals surface area contributed by atoms with Crippen LogP contribution in [-0.4, -0.2) is 38.8 Å². The van der Waals surface area contributed by atoms with Crippen LogP contribution in [0.2, 0.25) is 0 Å². The van der Waals surface area contributed by atoms with Gasteiger partial charge in [0.15, 0.2) is 11.5 Å². The highest BCUT2D eigenvalue weighted by Gasteiger charge is 2.09. The largest absolute Gasteiger partial charge is 0.493 e. The molecule has 1 aromatic rings. The van der Waals surface area contributed by atoms with E-state index in [1.807, 2.05) is 18.2 Å². The van der Waals surface area contributed by atoms with E-state index in [1.165, 1.54) is 0 Å². The van der Waals surface area contributed by atoms with Crippen molar-refractivity contribution in [3.63, 3.8) is 0 Å². The summed E-state index contributed by atoms with van der Waals surface area (Å²) in [6.07, 6.45) is 1.25. The first kappa shape index (κ1) is 18.3. The van der Waals surface area contributed by atoms with Crippen molar-refractivity contribution in [3.05, 3.63) is 23.8 Å². The maximum Gasteiger partial charge on any atom is 0.221 e. The predicted octanol–water partition coefficient (Wildman–Crippen LogP) is 2.14. The van der Waals surface area contributed by atoms with Gasteiger partial charge in [0.2, 0.25) is 5.91 Å². The lowest BCUT2D eigenvalue weighted by molar-refractivity contribution is -0.121. The van der Waals surface area contributed by atoms with Gasteiger partial charge in [-0.3, -0.25) is 4.79 Å². The summed E-state index contributed by atoms with van der Waals surface area (Å²) in [5.41, 5.74) is 1.14. The Bertz CT molecular complexity index is 481. The number of carbonyl (C=O) groups excluding carboxylic acids is 1. The molecule has 0 bridgehead atoms. The summed E-state index contributed by atoms with van der Waals surface area (Å²) in [5, 5.41) is 6.23. The highest BCUT2D eigenvalue weighted by atomic mass is 16.5. The van der Waals surface area contributed by atoms with Crippen LogP contribution in [0.3, 0.4) is 0 Å². The standard InChI is InChI=1S/C17H28N2O3/c1-17(2,3)19-11-9-16(20)18-10-8-13-6-7-14(21-4)15(12-13)22-5/h6-7,12,19H,8-11H2,1-5H3,(H,18,20). The fourth-order valence-electron chi connectivity index (χ4n) is 2.02. The summed E-state index contributed by atoms with van der Waals surface area (Å²) in [6, 6.07) is 5.80. The molecule has 0 aliphatic rings. The van der Waals surface area contributed by atoms with Gasteiger partial charge in [0.05, 0.1) is 14.2 Å². The molecule has 0 atom stereocenters. The van der Waals surface area contributed by atoms with Crippen molar-refractivity contribution in [2.45, 2.75) is 39.2 Å². The fraction of sp³-hybridized carbons (Fsp3) is 0.588. The Hall–Kier alpha value is -1.75. The number of amides is 1. The Labute approximate surface area is 133 Å². The minimum absolute atomic E-state index is 0.0416. The number of methoxy groups -OCH3 is 2. The highest BCUT2D eigenvalue weighted by Crippen LogP contribution is 2.27. The lowest BCUT2D eigenvalue weighted by Crippen LogP contribution is -2.38. The molecular formula is C17H28N2O3. The molecule has 0 radical (unpaired) electrons. The van der Waals surface area contributed by atoms with Gasteiger partial charge in [0, 0.05) is 25.0 Å². The first-order chi connectivity index (χ1) is 10.4. The Morgan fingerprint density at radius 2 is 1.77 bits per heavy atom. The van der Waals surface area contributed by atoms with Gasteiger partial charge in [-0.2, -0.15) is 0 Å². The molecule has 0 heterocycles. The van der Waals surface area contributed by atoms with Crippen LogP contribution in [0.15, 0.2) is 18.2 Å². The smallest absolute Gasteiger partial charge is 0.221 e. The zero-order valence-corrected chi connectivity index (χ0v) is 14.3. The molecular weight excluding hydrogens is 280 g/mol. The molecule has 5 heteroatoms. The second-order valence-corrected chi connectivity index (χ2v) is 6.22. The summed E-state index contributed by atoms with van der Waals surface area (Å²) in [7, 11) is 3.23.